The Morgan fingerprint density at radius 3 is 2.67 bits per heavy atom. The number of aromatic nitrogens is 3. The van der Waals surface area contributed by atoms with E-state index in [-0.39, 0.29) is 0 Å². The summed E-state index contributed by atoms with van der Waals surface area (Å²) in [6, 6.07) is 8.20. The average Bonchev–Trinajstić information content (AvgIpc) is 3.23. The topological polar surface area (TPSA) is 133 Å². The number of benzene rings is 1. The molecule has 0 radical (unpaired) electrons. The van der Waals surface area contributed by atoms with Gasteiger partial charge in [-0.25, -0.2) is 4.98 Å². The molecule has 1 aliphatic rings. The Bertz CT molecular complexity index is 1020. The minimum Gasteiger partial charge on any atom is -0.390 e. The highest BCUT2D eigenvalue weighted by Crippen LogP contribution is 2.42. The van der Waals surface area contributed by atoms with Crippen LogP contribution in [0.2, 0.25) is 5.02 Å². The SMILES string of the molecule is N/N=c1/nc[nH]c2c1ccn2[C@@H]1C[C@H]([C@@H](O)c2ccc(Cl)cc2)[C@@H](O)[C@H]1O. The molecule has 6 N–H and O–H groups in total. The van der Waals surface area contributed by atoms with Gasteiger partial charge in [0.25, 0.3) is 0 Å². The van der Waals surface area contributed by atoms with Gasteiger partial charge in [0.15, 0.2) is 5.49 Å². The van der Waals surface area contributed by atoms with Crippen molar-refractivity contribution in [2.24, 2.45) is 16.9 Å². The lowest BCUT2D eigenvalue weighted by Crippen LogP contribution is -2.31. The molecule has 3 aromatic rings. The number of hydrogen-bond acceptors (Lipinski definition) is 6. The molecule has 142 valence electrons. The number of aliphatic hydroxyl groups excluding tert-OH is 3. The number of aromatic amines is 1. The summed E-state index contributed by atoms with van der Waals surface area (Å²) in [6.45, 7) is 0. The Hall–Kier alpha value is -2.39. The summed E-state index contributed by atoms with van der Waals surface area (Å²) < 4.78 is 1.83. The van der Waals surface area contributed by atoms with Crippen molar-refractivity contribution in [3.8, 4) is 0 Å². The molecule has 2 heterocycles. The fraction of sp³-hybridized carbons (Fsp3) is 0.333. The van der Waals surface area contributed by atoms with Crippen LogP contribution in [0.4, 0.5) is 0 Å². The van der Waals surface area contributed by atoms with E-state index in [0.717, 1.165) is 0 Å². The van der Waals surface area contributed by atoms with E-state index in [1.807, 2.05) is 4.57 Å². The summed E-state index contributed by atoms with van der Waals surface area (Å²) in [6.07, 6.45) is 0.628. The lowest BCUT2D eigenvalue weighted by atomic mass is 9.92. The van der Waals surface area contributed by atoms with E-state index in [1.165, 1.54) is 6.33 Å². The van der Waals surface area contributed by atoms with Gasteiger partial charge < -0.3 is 30.7 Å². The predicted molar refractivity (Wildman–Crippen MR) is 99.4 cm³/mol. The number of fused-ring (bicyclic) bond motifs is 1. The Morgan fingerprint density at radius 2 is 1.96 bits per heavy atom. The molecule has 0 bridgehead atoms. The summed E-state index contributed by atoms with van der Waals surface area (Å²) in [4.78, 5) is 7.10. The third-order valence-corrected chi connectivity index (χ3v) is 5.59. The third-order valence-electron chi connectivity index (χ3n) is 5.34. The summed E-state index contributed by atoms with van der Waals surface area (Å²) >= 11 is 5.90. The fourth-order valence-corrected chi connectivity index (χ4v) is 4.05. The number of nitrogens with two attached hydrogens (primary N) is 1. The van der Waals surface area contributed by atoms with Gasteiger partial charge in [0.05, 0.1) is 30.0 Å². The van der Waals surface area contributed by atoms with Crippen LogP contribution in [0.25, 0.3) is 11.0 Å². The Balaban J connectivity index is 1.67. The second kappa shape index (κ2) is 6.97. The maximum atomic E-state index is 10.7. The van der Waals surface area contributed by atoms with E-state index in [9.17, 15) is 15.3 Å². The van der Waals surface area contributed by atoms with Gasteiger partial charge in [-0.05, 0) is 30.2 Å². The fourth-order valence-electron chi connectivity index (χ4n) is 3.92. The van der Waals surface area contributed by atoms with Crippen LogP contribution in [-0.4, -0.2) is 42.1 Å². The van der Waals surface area contributed by atoms with Crippen molar-refractivity contribution in [3.05, 3.63) is 58.9 Å². The Kier molecular flexibility index (Phi) is 4.65. The Morgan fingerprint density at radius 1 is 1.22 bits per heavy atom. The molecule has 0 unspecified atom stereocenters. The van der Waals surface area contributed by atoms with Crippen molar-refractivity contribution in [1.82, 2.24) is 14.5 Å². The molecule has 1 saturated carbocycles. The number of halogens is 1. The monoisotopic (exact) mass is 389 g/mol. The van der Waals surface area contributed by atoms with Crippen molar-refractivity contribution in [2.45, 2.75) is 30.8 Å². The molecule has 0 aliphatic heterocycles. The summed E-state index contributed by atoms with van der Waals surface area (Å²) in [5.74, 6) is 4.85. The number of nitrogens with one attached hydrogen (secondary N) is 1. The van der Waals surface area contributed by atoms with E-state index in [2.05, 4.69) is 15.1 Å². The maximum absolute atomic E-state index is 10.7. The van der Waals surface area contributed by atoms with Gasteiger partial charge in [-0.15, -0.1) is 0 Å². The largest absolute Gasteiger partial charge is 0.390 e. The van der Waals surface area contributed by atoms with Crippen LogP contribution in [0, 0.1) is 5.92 Å². The van der Waals surface area contributed by atoms with E-state index in [1.54, 1.807) is 36.5 Å². The highest BCUT2D eigenvalue weighted by atomic mass is 35.5. The zero-order chi connectivity index (χ0) is 19.1. The zero-order valence-corrected chi connectivity index (χ0v) is 15.0. The van der Waals surface area contributed by atoms with Crippen LogP contribution < -0.4 is 11.3 Å². The normalized spacial score (nSPS) is 27.3. The minimum atomic E-state index is -1.07. The van der Waals surface area contributed by atoms with Gasteiger partial charge in [-0.2, -0.15) is 5.10 Å². The standard InChI is InChI=1S/C18H20ClN5O3/c19-10-3-1-9(2-4-10)14(25)12-7-13(16(27)15(12)26)24-6-5-11-17(23-20)21-8-22-18(11)24/h1-6,8,12-16,25-27H,7,20H2,(H,21,22,23)/t12-,13-,14+,15-,16+/m1/s1. The van der Waals surface area contributed by atoms with Crippen LogP contribution in [-0.2, 0) is 0 Å². The van der Waals surface area contributed by atoms with Crippen LogP contribution in [0.5, 0.6) is 0 Å². The first-order chi connectivity index (χ1) is 13.0. The molecule has 0 saturated heterocycles. The van der Waals surface area contributed by atoms with Crippen LogP contribution >= 0.6 is 11.6 Å². The smallest absolute Gasteiger partial charge is 0.183 e. The maximum Gasteiger partial charge on any atom is 0.183 e. The van der Waals surface area contributed by atoms with Crippen LogP contribution in [0.15, 0.2) is 48.0 Å². The number of H-pyrrole nitrogens is 1. The van der Waals surface area contributed by atoms with Gasteiger partial charge in [0.2, 0.25) is 0 Å². The molecule has 27 heavy (non-hydrogen) atoms. The minimum absolute atomic E-state index is 0.383. The number of nitrogens with zero attached hydrogens (tertiary/aromatic N) is 3. The van der Waals surface area contributed by atoms with Gasteiger partial charge in [0.1, 0.15) is 11.8 Å². The van der Waals surface area contributed by atoms with E-state index >= 15 is 0 Å². The number of aliphatic hydroxyl groups is 3. The van der Waals surface area contributed by atoms with Crippen molar-refractivity contribution < 1.29 is 15.3 Å². The van der Waals surface area contributed by atoms with E-state index in [0.29, 0.717) is 33.5 Å². The van der Waals surface area contributed by atoms with Crippen molar-refractivity contribution in [1.29, 1.82) is 0 Å². The quantitative estimate of drug-likeness (QED) is 0.334. The van der Waals surface area contributed by atoms with Crippen molar-refractivity contribution >= 4 is 22.6 Å². The second-order valence-electron chi connectivity index (χ2n) is 6.79. The molecular weight excluding hydrogens is 370 g/mol. The summed E-state index contributed by atoms with van der Waals surface area (Å²) in [5.41, 5.74) is 1.72. The predicted octanol–water partition coefficient (Wildman–Crippen LogP) is 0.809. The van der Waals surface area contributed by atoms with Crippen LogP contribution in [0.3, 0.4) is 0 Å². The lowest BCUT2D eigenvalue weighted by molar-refractivity contribution is -0.0264. The first-order valence-electron chi connectivity index (χ1n) is 8.59. The van der Waals surface area contributed by atoms with Gasteiger partial charge in [-0.3, -0.25) is 0 Å². The summed E-state index contributed by atoms with van der Waals surface area (Å²) in [5, 5.41) is 36.9. The molecule has 5 atom stereocenters. The van der Waals surface area contributed by atoms with Gasteiger partial charge >= 0.3 is 0 Å². The Labute approximate surface area is 159 Å². The molecule has 0 amide bonds. The lowest BCUT2D eigenvalue weighted by Gasteiger charge is -2.22. The molecule has 4 rings (SSSR count). The first-order valence-corrected chi connectivity index (χ1v) is 8.97. The second-order valence-corrected chi connectivity index (χ2v) is 7.22. The molecule has 8 nitrogen and oxygen atoms in total. The highest BCUT2D eigenvalue weighted by Gasteiger charge is 2.46. The molecule has 1 aliphatic carbocycles. The molecule has 1 fully saturated rings. The number of hydrogen-bond donors (Lipinski definition) is 5. The van der Waals surface area contributed by atoms with Crippen LogP contribution in [0.1, 0.15) is 24.1 Å². The van der Waals surface area contributed by atoms with Gasteiger partial charge in [0, 0.05) is 17.1 Å². The summed E-state index contributed by atoms with van der Waals surface area (Å²) in [7, 11) is 0. The van der Waals surface area contributed by atoms with E-state index in [4.69, 9.17) is 17.4 Å². The molecule has 9 heteroatoms. The molecular formula is C18H20ClN5O3. The zero-order valence-electron chi connectivity index (χ0n) is 14.3. The third kappa shape index (κ3) is 3.00. The molecule has 0 spiro atoms. The number of rotatable bonds is 3. The van der Waals surface area contributed by atoms with Gasteiger partial charge in [-0.1, -0.05) is 23.7 Å². The van der Waals surface area contributed by atoms with Crippen molar-refractivity contribution in [2.75, 3.05) is 0 Å². The highest BCUT2D eigenvalue weighted by molar-refractivity contribution is 6.30. The average molecular weight is 390 g/mol. The molecule has 1 aromatic carbocycles. The first kappa shape index (κ1) is 18.0. The van der Waals surface area contributed by atoms with Crippen molar-refractivity contribution in [3.63, 3.8) is 0 Å². The molecule has 2 aromatic heterocycles. The van der Waals surface area contributed by atoms with E-state index < -0.39 is 30.3 Å².